The Hall–Kier alpha value is -4.06. The van der Waals surface area contributed by atoms with Crippen LogP contribution in [0.15, 0.2) is 76.1 Å². The van der Waals surface area contributed by atoms with Crippen LogP contribution in [0.4, 0.5) is 0 Å². The number of rotatable bonds is 5. The monoisotopic (exact) mass is 416 g/mol. The number of methoxy groups -OCH3 is 1. The van der Waals surface area contributed by atoms with Gasteiger partial charge in [0.05, 0.1) is 18.1 Å². The van der Waals surface area contributed by atoms with E-state index in [0.29, 0.717) is 28.0 Å². The molecule has 0 amide bonds. The third-order valence-electron chi connectivity index (χ3n) is 4.81. The Kier molecular flexibility index (Phi) is 5.45. The van der Waals surface area contributed by atoms with E-state index in [9.17, 15) is 9.59 Å². The van der Waals surface area contributed by atoms with Gasteiger partial charge in [0.1, 0.15) is 29.1 Å². The molecule has 6 heteroatoms. The van der Waals surface area contributed by atoms with Gasteiger partial charge in [-0.2, -0.15) is 0 Å². The first-order valence-electron chi connectivity index (χ1n) is 9.61. The van der Waals surface area contributed by atoms with E-state index < -0.39 is 5.97 Å². The van der Waals surface area contributed by atoms with E-state index in [4.69, 9.17) is 18.6 Å². The number of aryl methyl sites for hydroxylation is 2. The molecule has 1 heterocycles. The van der Waals surface area contributed by atoms with Crippen LogP contribution in [0, 0.1) is 13.8 Å². The minimum absolute atomic E-state index is 0.0872. The van der Waals surface area contributed by atoms with Gasteiger partial charge in [-0.1, -0.05) is 12.1 Å². The number of carbonyl (C=O) groups excluding carboxylic acids is 1. The quantitative estimate of drug-likeness (QED) is 0.319. The van der Waals surface area contributed by atoms with Crippen molar-refractivity contribution in [2.45, 2.75) is 13.8 Å². The predicted octanol–water partition coefficient (Wildman–Crippen LogP) is 5.43. The van der Waals surface area contributed by atoms with Crippen LogP contribution in [0.2, 0.25) is 0 Å². The molecule has 3 aromatic carbocycles. The lowest BCUT2D eigenvalue weighted by molar-refractivity contribution is 0.0735. The Balaban J connectivity index is 1.58. The molecule has 0 bridgehead atoms. The van der Waals surface area contributed by atoms with Crippen molar-refractivity contribution < 1.29 is 23.4 Å². The van der Waals surface area contributed by atoms with Crippen molar-refractivity contribution in [1.29, 1.82) is 0 Å². The van der Waals surface area contributed by atoms with Crippen molar-refractivity contribution in [3.05, 3.63) is 93.8 Å². The zero-order valence-corrected chi connectivity index (χ0v) is 17.3. The molecule has 1 aromatic heterocycles. The zero-order chi connectivity index (χ0) is 22.0. The molecule has 31 heavy (non-hydrogen) atoms. The van der Waals surface area contributed by atoms with Gasteiger partial charge in [0.2, 0.25) is 11.2 Å². The molecule has 0 aliphatic rings. The van der Waals surface area contributed by atoms with Crippen LogP contribution < -0.4 is 19.6 Å². The number of esters is 1. The Morgan fingerprint density at radius 1 is 0.871 bits per heavy atom. The largest absolute Gasteiger partial charge is 0.497 e. The van der Waals surface area contributed by atoms with Gasteiger partial charge in [-0.3, -0.25) is 4.79 Å². The second-order valence-corrected chi connectivity index (χ2v) is 7.08. The third-order valence-corrected chi connectivity index (χ3v) is 4.81. The van der Waals surface area contributed by atoms with Gasteiger partial charge in [-0.05, 0) is 67.4 Å². The standard InChI is InChI=1S/C25H20O6/c1-15-4-5-16(2)21(12-15)31-23-14-29-22-13-19(10-11-20(22)24(23)26)30-25(27)17-6-8-18(28-3)9-7-17/h4-14H,1-3H3. The molecule has 0 N–H and O–H groups in total. The summed E-state index contributed by atoms with van der Waals surface area (Å²) in [6, 6.07) is 16.9. The Labute approximate surface area is 178 Å². The number of hydrogen-bond donors (Lipinski definition) is 0. The lowest BCUT2D eigenvalue weighted by Crippen LogP contribution is -2.09. The fourth-order valence-electron chi connectivity index (χ4n) is 3.05. The van der Waals surface area contributed by atoms with Crippen LogP contribution in [0.3, 0.4) is 0 Å². The first kappa shape index (κ1) is 20.2. The van der Waals surface area contributed by atoms with Gasteiger partial charge in [-0.25, -0.2) is 4.79 Å². The molecule has 0 atom stereocenters. The minimum Gasteiger partial charge on any atom is -0.497 e. The Morgan fingerprint density at radius 3 is 2.35 bits per heavy atom. The third kappa shape index (κ3) is 4.28. The van der Waals surface area contributed by atoms with Crippen molar-refractivity contribution in [1.82, 2.24) is 0 Å². The normalized spacial score (nSPS) is 10.7. The van der Waals surface area contributed by atoms with Crippen LogP contribution >= 0.6 is 0 Å². The van der Waals surface area contributed by atoms with Gasteiger partial charge in [0, 0.05) is 6.07 Å². The summed E-state index contributed by atoms with van der Waals surface area (Å²) in [6.07, 6.45) is 1.27. The van der Waals surface area contributed by atoms with Gasteiger partial charge >= 0.3 is 5.97 Å². The topological polar surface area (TPSA) is 75.0 Å². The maximum Gasteiger partial charge on any atom is 0.343 e. The molecule has 4 rings (SSSR count). The Bertz CT molecular complexity index is 1320. The van der Waals surface area contributed by atoms with Crippen molar-refractivity contribution >= 4 is 16.9 Å². The van der Waals surface area contributed by atoms with Gasteiger partial charge < -0.3 is 18.6 Å². The lowest BCUT2D eigenvalue weighted by atomic mass is 10.1. The van der Waals surface area contributed by atoms with E-state index in [2.05, 4.69) is 0 Å². The van der Waals surface area contributed by atoms with Crippen molar-refractivity contribution in [3.8, 4) is 23.0 Å². The molecule has 156 valence electrons. The van der Waals surface area contributed by atoms with Crippen molar-refractivity contribution in [3.63, 3.8) is 0 Å². The average Bonchev–Trinajstić information content (AvgIpc) is 2.78. The number of benzene rings is 3. The molecule has 0 aliphatic carbocycles. The van der Waals surface area contributed by atoms with E-state index >= 15 is 0 Å². The number of hydrogen-bond acceptors (Lipinski definition) is 6. The van der Waals surface area contributed by atoms with E-state index in [-0.39, 0.29) is 16.9 Å². The molecule has 0 radical (unpaired) electrons. The summed E-state index contributed by atoms with van der Waals surface area (Å²) < 4.78 is 21.9. The van der Waals surface area contributed by atoms with Gasteiger partial charge in [0.25, 0.3) is 0 Å². The maximum absolute atomic E-state index is 12.8. The maximum atomic E-state index is 12.8. The van der Waals surface area contributed by atoms with Crippen LogP contribution in [0.5, 0.6) is 23.0 Å². The highest BCUT2D eigenvalue weighted by molar-refractivity contribution is 5.91. The number of ether oxygens (including phenoxy) is 3. The average molecular weight is 416 g/mol. The van der Waals surface area contributed by atoms with E-state index in [0.717, 1.165) is 11.1 Å². The molecule has 0 aliphatic heterocycles. The van der Waals surface area contributed by atoms with Crippen LogP contribution in [0.25, 0.3) is 11.0 Å². The predicted molar refractivity (Wildman–Crippen MR) is 116 cm³/mol. The summed E-state index contributed by atoms with van der Waals surface area (Å²) in [4.78, 5) is 25.2. The smallest absolute Gasteiger partial charge is 0.343 e. The fourth-order valence-corrected chi connectivity index (χ4v) is 3.05. The minimum atomic E-state index is -0.528. The fraction of sp³-hybridized carbons (Fsp3) is 0.120. The van der Waals surface area contributed by atoms with Gasteiger partial charge in [-0.15, -0.1) is 0 Å². The molecule has 0 saturated heterocycles. The SMILES string of the molecule is COc1ccc(C(=O)Oc2ccc3c(=O)c(Oc4cc(C)ccc4C)coc3c2)cc1. The molecule has 0 saturated carbocycles. The highest BCUT2D eigenvalue weighted by Crippen LogP contribution is 2.27. The summed E-state index contributed by atoms with van der Waals surface area (Å²) in [5.74, 6) is 1.06. The summed E-state index contributed by atoms with van der Waals surface area (Å²) in [6.45, 7) is 3.85. The summed E-state index contributed by atoms with van der Waals surface area (Å²) in [5.41, 5.74) is 2.29. The molecule has 0 spiro atoms. The van der Waals surface area contributed by atoms with Crippen molar-refractivity contribution in [2.75, 3.05) is 7.11 Å². The highest BCUT2D eigenvalue weighted by Gasteiger charge is 2.14. The number of fused-ring (bicyclic) bond motifs is 1. The van der Waals surface area contributed by atoms with E-state index in [1.165, 1.54) is 12.3 Å². The van der Waals surface area contributed by atoms with Crippen molar-refractivity contribution in [2.24, 2.45) is 0 Å². The second-order valence-electron chi connectivity index (χ2n) is 7.08. The number of carbonyl (C=O) groups is 1. The molecule has 4 aromatic rings. The molecule has 0 fully saturated rings. The zero-order valence-electron chi connectivity index (χ0n) is 17.3. The van der Waals surface area contributed by atoms with Crippen LogP contribution in [-0.4, -0.2) is 13.1 Å². The summed E-state index contributed by atoms with van der Waals surface area (Å²) in [5, 5.41) is 0.326. The summed E-state index contributed by atoms with van der Waals surface area (Å²) in [7, 11) is 1.55. The van der Waals surface area contributed by atoms with Crippen LogP contribution in [-0.2, 0) is 0 Å². The first-order valence-corrected chi connectivity index (χ1v) is 9.61. The van der Waals surface area contributed by atoms with E-state index in [1.54, 1.807) is 43.5 Å². The Morgan fingerprint density at radius 2 is 1.61 bits per heavy atom. The van der Waals surface area contributed by atoms with Gasteiger partial charge in [0.15, 0.2) is 0 Å². The second kappa shape index (κ2) is 8.36. The van der Waals surface area contributed by atoms with E-state index in [1.807, 2.05) is 32.0 Å². The molecular formula is C25H20O6. The first-order chi connectivity index (χ1) is 14.9. The molecule has 6 nitrogen and oxygen atoms in total. The summed E-state index contributed by atoms with van der Waals surface area (Å²) >= 11 is 0. The lowest BCUT2D eigenvalue weighted by Gasteiger charge is -2.10. The van der Waals surface area contributed by atoms with Crippen LogP contribution in [0.1, 0.15) is 21.5 Å². The highest BCUT2D eigenvalue weighted by atomic mass is 16.5. The molecule has 0 unspecified atom stereocenters. The molecular weight excluding hydrogens is 396 g/mol.